The quantitative estimate of drug-likeness (QED) is 0.877. The zero-order chi connectivity index (χ0) is 17.3. The van der Waals surface area contributed by atoms with Crippen molar-refractivity contribution >= 4 is 11.9 Å². The minimum Gasteiger partial charge on any atom is -0.478 e. The number of aromatic carboxylic acids is 1. The Bertz CT molecular complexity index is 866. The summed E-state index contributed by atoms with van der Waals surface area (Å²) in [5, 5.41) is 12.0. The van der Waals surface area contributed by atoms with Crippen LogP contribution in [0.5, 0.6) is 0 Å². The Kier molecular flexibility index (Phi) is 4.20. The minimum atomic E-state index is -1.02. The topological polar surface area (TPSA) is 88.4 Å². The van der Waals surface area contributed by atoms with Crippen molar-refractivity contribution in [2.45, 2.75) is 32.4 Å². The maximum Gasteiger partial charge on any atom is 0.335 e. The molecule has 1 aliphatic rings. The van der Waals surface area contributed by atoms with Gasteiger partial charge < -0.3 is 15.0 Å². The predicted molar refractivity (Wildman–Crippen MR) is 88.4 cm³/mol. The van der Waals surface area contributed by atoms with Crippen LogP contribution in [0.3, 0.4) is 0 Å². The van der Waals surface area contributed by atoms with Gasteiger partial charge in [0.1, 0.15) is 0 Å². The smallest absolute Gasteiger partial charge is 0.335 e. The van der Waals surface area contributed by atoms with Crippen LogP contribution in [-0.4, -0.2) is 27.6 Å². The van der Waals surface area contributed by atoms with Crippen LogP contribution >= 0.6 is 0 Å². The van der Waals surface area contributed by atoms with Crippen molar-refractivity contribution in [1.29, 1.82) is 0 Å². The van der Waals surface area contributed by atoms with Crippen molar-refractivity contribution in [3.8, 4) is 0 Å². The number of nitrogens with zero attached hydrogens (tertiary/aromatic N) is 1. The van der Waals surface area contributed by atoms with Gasteiger partial charge in [0.2, 0.25) is 0 Å². The van der Waals surface area contributed by atoms with Gasteiger partial charge in [-0.25, -0.2) is 4.79 Å². The lowest BCUT2D eigenvalue weighted by Gasteiger charge is -2.11. The molecule has 0 spiro atoms. The van der Waals surface area contributed by atoms with E-state index >= 15 is 0 Å². The molecule has 0 unspecified atom stereocenters. The third-order valence-corrected chi connectivity index (χ3v) is 3.97. The summed E-state index contributed by atoms with van der Waals surface area (Å²) < 4.78 is 1.44. The first-order chi connectivity index (χ1) is 11.4. The van der Waals surface area contributed by atoms with Crippen molar-refractivity contribution in [1.82, 2.24) is 9.88 Å². The summed E-state index contributed by atoms with van der Waals surface area (Å²) in [4.78, 5) is 35.6. The van der Waals surface area contributed by atoms with E-state index in [0.717, 1.165) is 12.8 Å². The first-order valence-corrected chi connectivity index (χ1v) is 7.78. The number of hydrogen-bond donors (Lipinski definition) is 2. The van der Waals surface area contributed by atoms with Gasteiger partial charge in [-0.2, -0.15) is 0 Å². The van der Waals surface area contributed by atoms with E-state index in [1.54, 1.807) is 25.1 Å². The van der Waals surface area contributed by atoms with Crippen LogP contribution in [0.1, 0.15) is 44.7 Å². The monoisotopic (exact) mass is 326 g/mol. The summed E-state index contributed by atoms with van der Waals surface area (Å²) in [5.74, 6) is -1.20. The molecule has 1 fully saturated rings. The van der Waals surface area contributed by atoms with Crippen molar-refractivity contribution < 1.29 is 14.7 Å². The third-order valence-electron chi connectivity index (χ3n) is 3.97. The predicted octanol–water partition coefficient (Wildman–Crippen LogP) is 1.80. The second-order valence-electron chi connectivity index (χ2n) is 6.10. The minimum absolute atomic E-state index is 0.167. The van der Waals surface area contributed by atoms with Gasteiger partial charge in [0.25, 0.3) is 11.5 Å². The SMILES string of the molecule is Cc1cc(C(=O)NC2CC2)cn(Cc2cccc(C(=O)O)c2)c1=O. The normalized spacial score (nSPS) is 13.5. The molecule has 0 saturated heterocycles. The third kappa shape index (κ3) is 3.53. The van der Waals surface area contributed by atoms with Crippen LogP contribution in [0.4, 0.5) is 0 Å². The fourth-order valence-electron chi connectivity index (χ4n) is 2.52. The number of carboxylic acid groups (broad SMARTS) is 1. The lowest BCUT2D eigenvalue weighted by molar-refractivity contribution is 0.0696. The van der Waals surface area contributed by atoms with Gasteiger partial charge in [-0.1, -0.05) is 12.1 Å². The number of carbonyl (C=O) groups excluding carboxylic acids is 1. The van der Waals surface area contributed by atoms with Crippen molar-refractivity contribution in [2.24, 2.45) is 0 Å². The maximum absolute atomic E-state index is 12.3. The number of rotatable bonds is 5. The number of aromatic nitrogens is 1. The van der Waals surface area contributed by atoms with Crippen LogP contribution in [0.25, 0.3) is 0 Å². The molecular formula is C18H18N2O4. The molecule has 1 amide bonds. The van der Waals surface area contributed by atoms with Crippen LogP contribution in [0.15, 0.2) is 41.3 Å². The van der Waals surface area contributed by atoms with Gasteiger partial charge >= 0.3 is 5.97 Å². The summed E-state index contributed by atoms with van der Waals surface area (Å²) in [6.07, 6.45) is 3.51. The summed E-state index contributed by atoms with van der Waals surface area (Å²) in [7, 11) is 0. The molecule has 1 saturated carbocycles. The molecule has 124 valence electrons. The summed E-state index contributed by atoms with van der Waals surface area (Å²) >= 11 is 0. The Hall–Kier alpha value is -2.89. The second-order valence-corrected chi connectivity index (χ2v) is 6.10. The molecule has 1 aromatic carbocycles. The van der Waals surface area contributed by atoms with Crippen LogP contribution in [0, 0.1) is 6.92 Å². The van der Waals surface area contributed by atoms with Crippen LogP contribution in [0.2, 0.25) is 0 Å². The Morgan fingerprint density at radius 1 is 1.25 bits per heavy atom. The number of hydrogen-bond acceptors (Lipinski definition) is 3. The van der Waals surface area contributed by atoms with E-state index in [2.05, 4.69) is 5.32 Å². The highest BCUT2D eigenvalue weighted by atomic mass is 16.4. The average Bonchev–Trinajstić information content (AvgIpc) is 3.35. The molecule has 0 radical (unpaired) electrons. The molecule has 2 aromatic rings. The maximum atomic E-state index is 12.3. The van der Waals surface area contributed by atoms with E-state index in [4.69, 9.17) is 5.11 Å². The molecule has 0 bridgehead atoms. The molecule has 6 heteroatoms. The highest BCUT2D eigenvalue weighted by Gasteiger charge is 2.24. The van der Waals surface area contributed by atoms with E-state index in [9.17, 15) is 14.4 Å². The van der Waals surface area contributed by atoms with Gasteiger partial charge in [0, 0.05) is 17.8 Å². The van der Waals surface area contributed by atoms with Gasteiger partial charge in [-0.15, -0.1) is 0 Å². The fourth-order valence-corrected chi connectivity index (χ4v) is 2.52. The molecule has 24 heavy (non-hydrogen) atoms. The van der Waals surface area contributed by atoms with Gasteiger partial charge in [-0.3, -0.25) is 9.59 Å². The molecule has 6 nitrogen and oxygen atoms in total. The summed E-state index contributed by atoms with van der Waals surface area (Å²) in [5.41, 5.74) is 1.58. The number of carboxylic acids is 1. The van der Waals surface area contributed by atoms with E-state index in [-0.39, 0.29) is 29.6 Å². The van der Waals surface area contributed by atoms with Crippen molar-refractivity contribution in [3.05, 3.63) is 69.1 Å². The number of nitrogens with one attached hydrogen (secondary N) is 1. The molecule has 0 atom stereocenters. The fraction of sp³-hybridized carbons (Fsp3) is 0.278. The van der Waals surface area contributed by atoms with Gasteiger partial charge in [0.05, 0.1) is 17.7 Å². The number of pyridine rings is 1. The molecule has 1 aromatic heterocycles. The van der Waals surface area contributed by atoms with Crippen molar-refractivity contribution in [3.63, 3.8) is 0 Å². The standard InChI is InChI=1S/C18H18N2O4/c1-11-7-14(16(21)19-15-5-6-15)10-20(17(11)22)9-12-3-2-4-13(8-12)18(23)24/h2-4,7-8,10,15H,5-6,9H2,1H3,(H,19,21)(H,23,24). The average molecular weight is 326 g/mol. The highest BCUT2D eigenvalue weighted by molar-refractivity contribution is 5.94. The molecule has 1 heterocycles. The van der Waals surface area contributed by atoms with E-state index in [0.29, 0.717) is 16.7 Å². The largest absolute Gasteiger partial charge is 0.478 e. The number of benzene rings is 1. The van der Waals surface area contributed by atoms with Crippen LogP contribution in [-0.2, 0) is 6.54 Å². The first-order valence-electron chi connectivity index (χ1n) is 7.78. The lowest BCUT2D eigenvalue weighted by atomic mass is 10.1. The summed E-state index contributed by atoms with van der Waals surface area (Å²) in [6, 6.07) is 8.25. The van der Waals surface area contributed by atoms with Crippen molar-refractivity contribution in [2.75, 3.05) is 0 Å². The van der Waals surface area contributed by atoms with Crippen LogP contribution < -0.4 is 10.9 Å². The first kappa shape index (κ1) is 16.0. The van der Waals surface area contributed by atoms with E-state index in [1.807, 2.05) is 0 Å². The molecule has 2 N–H and O–H groups in total. The Morgan fingerprint density at radius 3 is 2.67 bits per heavy atom. The Morgan fingerprint density at radius 2 is 2.00 bits per heavy atom. The molecule has 3 rings (SSSR count). The number of amides is 1. The number of aryl methyl sites for hydroxylation is 1. The molecule has 1 aliphatic carbocycles. The van der Waals surface area contributed by atoms with E-state index in [1.165, 1.54) is 22.9 Å². The highest BCUT2D eigenvalue weighted by Crippen LogP contribution is 2.19. The zero-order valence-electron chi connectivity index (χ0n) is 13.3. The Labute approximate surface area is 138 Å². The van der Waals surface area contributed by atoms with Gasteiger partial charge in [-0.05, 0) is 43.5 Å². The van der Waals surface area contributed by atoms with Gasteiger partial charge in [0.15, 0.2) is 0 Å². The molecule has 0 aliphatic heterocycles. The second kappa shape index (κ2) is 6.31. The van der Waals surface area contributed by atoms with E-state index < -0.39 is 5.97 Å². The summed E-state index contributed by atoms with van der Waals surface area (Å²) in [6.45, 7) is 1.88. The Balaban J connectivity index is 1.90. The lowest BCUT2D eigenvalue weighted by Crippen LogP contribution is -2.29. The number of carbonyl (C=O) groups is 2. The zero-order valence-corrected chi connectivity index (χ0v) is 13.3. The molecular weight excluding hydrogens is 308 g/mol.